The maximum absolute atomic E-state index is 12.8. The molecular formula is C24H28N3O5PS. The molecule has 1 heterocycles. The number of hydrogen-bond donors (Lipinski definition) is 5. The summed E-state index contributed by atoms with van der Waals surface area (Å²) in [5.41, 5.74) is 8.79. The van der Waals surface area contributed by atoms with Gasteiger partial charge in [0.05, 0.1) is 11.4 Å². The average Bonchev–Trinajstić information content (AvgIpc) is 3.33. The Balaban J connectivity index is 1.80. The zero-order valence-electron chi connectivity index (χ0n) is 18.9. The van der Waals surface area contributed by atoms with Gasteiger partial charge < -0.3 is 26.2 Å². The highest BCUT2D eigenvalue weighted by molar-refractivity contribution is 7.54. The zero-order chi connectivity index (χ0) is 24.9. The molecule has 0 aliphatic heterocycles. The Hall–Kier alpha value is -2.97. The number of nitrogens with two attached hydrogens (primary N) is 1. The lowest BCUT2D eigenvalue weighted by Crippen LogP contribution is -2.47. The van der Waals surface area contributed by atoms with Crippen molar-refractivity contribution >= 4 is 42.1 Å². The Morgan fingerprint density at radius 1 is 1.09 bits per heavy atom. The quantitative estimate of drug-likeness (QED) is 0.219. The SMILES string of the molecule is CCNC(=O)C(CC)(Cc1ccc(C(=O)Nc2cc(-c3cccs3)ccc2N)cc1)P(=O)(O)O. The summed E-state index contributed by atoms with van der Waals surface area (Å²) >= 11 is 1.58. The Morgan fingerprint density at radius 3 is 2.35 bits per heavy atom. The largest absolute Gasteiger partial charge is 0.397 e. The summed E-state index contributed by atoms with van der Waals surface area (Å²) in [6, 6.07) is 15.7. The normalized spacial score (nSPS) is 13.2. The van der Waals surface area contributed by atoms with E-state index < -0.39 is 18.7 Å². The van der Waals surface area contributed by atoms with E-state index in [0.717, 1.165) is 10.4 Å². The fraction of sp³-hybridized carbons (Fsp3) is 0.250. The number of amides is 2. The van der Waals surface area contributed by atoms with E-state index in [2.05, 4.69) is 10.6 Å². The highest BCUT2D eigenvalue weighted by atomic mass is 32.1. The number of benzene rings is 2. The molecule has 0 spiro atoms. The van der Waals surface area contributed by atoms with Crippen LogP contribution in [0.2, 0.25) is 0 Å². The van der Waals surface area contributed by atoms with Crippen LogP contribution in [0.5, 0.6) is 0 Å². The summed E-state index contributed by atoms with van der Waals surface area (Å²) in [6.07, 6.45) is -0.192. The van der Waals surface area contributed by atoms with Gasteiger partial charge in [-0.2, -0.15) is 0 Å². The van der Waals surface area contributed by atoms with Gasteiger partial charge in [-0.25, -0.2) is 0 Å². The van der Waals surface area contributed by atoms with E-state index in [4.69, 9.17) is 5.73 Å². The predicted molar refractivity (Wildman–Crippen MR) is 136 cm³/mol. The molecule has 1 atom stereocenters. The molecule has 1 aromatic heterocycles. The molecule has 1 unspecified atom stereocenters. The van der Waals surface area contributed by atoms with Gasteiger partial charge in [-0.3, -0.25) is 14.2 Å². The molecule has 0 fully saturated rings. The summed E-state index contributed by atoms with van der Waals surface area (Å²) in [7, 11) is -4.77. The molecule has 0 radical (unpaired) electrons. The predicted octanol–water partition coefficient (Wildman–Crippen LogP) is 4.25. The van der Waals surface area contributed by atoms with Crippen molar-refractivity contribution < 1.29 is 23.9 Å². The molecule has 34 heavy (non-hydrogen) atoms. The molecule has 0 saturated heterocycles. The first kappa shape index (κ1) is 25.6. The molecule has 6 N–H and O–H groups in total. The van der Waals surface area contributed by atoms with Crippen LogP contribution in [-0.4, -0.2) is 33.3 Å². The van der Waals surface area contributed by atoms with E-state index in [-0.39, 0.29) is 25.3 Å². The van der Waals surface area contributed by atoms with Crippen LogP contribution in [0.25, 0.3) is 10.4 Å². The summed E-state index contributed by atoms with van der Waals surface area (Å²) in [6.45, 7) is 3.52. The van der Waals surface area contributed by atoms with Gasteiger partial charge in [0.15, 0.2) is 5.16 Å². The highest BCUT2D eigenvalue weighted by Crippen LogP contribution is 2.54. The first-order valence-corrected chi connectivity index (χ1v) is 13.3. The second-order valence-electron chi connectivity index (χ2n) is 7.90. The van der Waals surface area contributed by atoms with Crippen molar-refractivity contribution in [2.75, 3.05) is 17.6 Å². The molecule has 2 aromatic carbocycles. The van der Waals surface area contributed by atoms with E-state index in [1.165, 1.54) is 0 Å². The summed E-state index contributed by atoms with van der Waals surface area (Å²) in [5, 5.41) is 5.45. The number of carbonyl (C=O) groups excluding carboxylic acids is 2. The van der Waals surface area contributed by atoms with Crippen molar-refractivity contribution in [2.24, 2.45) is 0 Å². The minimum absolute atomic E-state index is 0.0365. The molecule has 8 nitrogen and oxygen atoms in total. The van der Waals surface area contributed by atoms with E-state index in [9.17, 15) is 23.9 Å². The molecule has 180 valence electrons. The van der Waals surface area contributed by atoms with Crippen molar-refractivity contribution in [3.63, 3.8) is 0 Å². The lowest BCUT2D eigenvalue weighted by Gasteiger charge is -2.32. The fourth-order valence-corrected chi connectivity index (χ4v) is 5.57. The lowest BCUT2D eigenvalue weighted by molar-refractivity contribution is -0.124. The second kappa shape index (κ2) is 10.5. The number of carbonyl (C=O) groups is 2. The first-order chi connectivity index (χ1) is 16.1. The van der Waals surface area contributed by atoms with Gasteiger partial charge in [-0.1, -0.05) is 31.2 Å². The smallest absolute Gasteiger partial charge is 0.341 e. The van der Waals surface area contributed by atoms with Crippen LogP contribution >= 0.6 is 18.9 Å². The minimum atomic E-state index is -4.77. The molecule has 3 aromatic rings. The number of thiophene rings is 1. The van der Waals surface area contributed by atoms with Gasteiger partial charge in [0.25, 0.3) is 5.91 Å². The Kier molecular flexibility index (Phi) is 7.94. The minimum Gasteiger partial charge on any atom is -0.397 e. The van der Waals surface area contributed by atoms with Crippen LogP contribution in [0.15, 0.2) is 60.0 Å². The lowest BCUT2D eigenvalue weighted by atomic mass is 9.94. The molecule has 3 rings (SSSR count). The number of hydrogen-bond acceptors (Lipinski definition) is 5. The van der Waals surface area contributed by atoms with E-state index in [1.54, 1.807) is 55.5 Å². The van der Waals surface area contributed by atoms with Crippen molar-refractivity contribution in [1.82, 2.24) is 5.32 Å². The van der Waals surface area contributed by atoms with Crippen LogP contribution < -0.4 is 16.4 Å². The first-order valence-electron chi connectivity index (χ1n) is 10.8. The van der Waals surface area contributed by atoms with Crippen LogP contribution in [0.1, 0.15) is 36.2 Å². The third kappa shape index (κ3) is 5.39. The maximum atomic E-state index is 12.8. The maximum Gasteiger partial charge on any atom is 0.341 e. The van der Waals surface area contributed by atoms with Crippen molar-refractivity contribution in [3.8, 4) is 10.4 Å². The second-order valence-corrected chi connectivity index (χ2v) is 10.8. The van der Waals surface area contributed by atoms with Gasteiger partial charge >= 0.3 is 7.60 Å². The van der Waals surface area contributed by atoms with Crippen molar-refractivity contribution in [3.05, 3.63) is 71.1 Å². The summed E-state index contributed by atoms with van der Waals surface area (Å²) in [4.78, 5) is 46.4. The van der Waals surface area contributed by atoms with Gasteiger partial charge in [0.1, 0.15) is 0 Å². The third-order valence-electron chi connectivity index (χ3n) is 5.72. The number of nitrogens with one attached hydrogen (secondary N) is 2. The Morgan fingerprint density at radius 2 is 1.79 bits per heavy atom. The molecule has 0 saturated carbocycles. The van der Waals surface area contributed by atoms with Crippen LogP contribution in [0, 0.1) is 0 Å². The van der Waals surface area contributed by atoms with E-state index in [1.807, 2.05) is 29.6 Å². The Bertz CT molecular complexity index is 1210. The molecular weight excluding hydrogens is 473 g/mol. The zero-order valence-corrected chi connectivity index (χ0v) is 20.7. The van der Waals surface area contributed by atoms with Gasteiger partial charge in [-0.05, 0) is 66.6 Å². The molecule has 0 aliphatic rings. The number of anilines is 2. The summed E-state index contributed by atoms with van der Waals surface area (Å²) < 4.78 is 12.3. The van der Waals surface area contributed by atoms with Gasteiger partial charge in [0.2, 0.25) is 5.91 Å². The molecule has 2 amide bonds. The molecule has 10 heteroatoms. The monoisotopic (exact) mass is 501 g/mol. The number of rotatable bonds is 9. The van der Waals surface area contributed by atoms with Crippen LogP contribution in [-0.2, 0) is 15.8 Å². The molecule has 0 aliphatic carbocycles. The third-order valence-corrected chi connectivity index (χ3v) is 8.43. The highest BCUT2D eigenvalue weighted by Gasteiger charge is 2.51. The Labute approximate surface area is 202 Å². The van der Waals surface area contributed by atoms with Crippen molar-refractivity contribution in [2.45, 2.75) is 31.8 Å². The topological polar surface area (TPSA) is 142 Å². The van der Waals surface area contributed by atoms with Gasteiger partial charge in [0, 0.05) is 17.0 Å². The number of nitrogen functional groups attached to an aromatic ring is 1. The van der Waals surface area contributed by atoms with Crippen LogP contribution in [0.3, 0.4) is 0 Å². The summed E-state index contributed by atoms with van der Waals surface area (Å²) in [5.74, 6) is -1.06. The van der Waals surface area contributed by atoms with Crippen LogP contribution in [0.4, 0.5) is 11.4 Å². The van der Waals surface area contributed by atoms with Crippen molar-refractivity contribution in [1.29, 1.82) is 0 Å². The fourth-order valence-electron chi connectivity index (χ4n) is 3.70. The molecule has 0 bridgehead atoms. The van der Waals surface area contributed by atoms with E-state index >= 15 is 0 Å². The van der Waals surface area contributed by atoms with E-state index in [0.29, 0.717) is 22.5 Å². The standard InChI is InChI=1S/C24H28N3O5PS/c1-3-24(33(30,31)32,23(29)26-4-2)15-16-7-9-17(10-8-16)22(28)27-20-14-18(11-12-19(20)25)21-6-5-13-34-21/h5-14H,3-4,15,25H2,1-2H3,(H,26,29)(H,27,28)(H2,30,31,32). The van der Waals surface area contributed by atoms with Gasteiger partial charge in [-0.15, -0.1) is 11.3 Å². The average molecular weight is 502 g/mol.